The predicted molar refractivity (Wildman–Crippen MR) is 185 cm³/mol. The summed E-state index contributed by atoms with van der Waals surface area (Å²) in [5.74, 6) is 1.83. The lowest BCUT2D eigenvalue weighted by Crippen LogP contribution is -2.11. The van der Waals surface area contributed by atoms with E-state index in [4.69, 9.17) is 4.74 Å². The monoisotopic (exact) mass is 666 g/mol. The first kappa shape index (κ1) is 26.9. The van der Waals surface area contributed by atoms with E-state index in [0.717, 1.165) is 24.7 Å². The molecular formula is C38H35IOS. The SMILES string of the molecule is IS(c1ccc2ccccc2c1)(c1ccc2ccccc2c1)c1ccc(OCCC2CCCCC2)c2ccccc12. The lowest BCUT2D eigenvalue weighted by atomic mass is 9.87. The van der Waals surface area contributed by atoms with Crippen LogP contribution in [0.3, 0.4) is 0 Å². The first-order valence-corrected chi connectivity index (χ1v) is 19.0. The predicted octanol–water partition coefficient (Wildman–Crippen LogP) is 12.1. The maximum Gasteiger partial charge on any atom is 0.127 e. The van der Waals surface area contributed by atoms with Gasteiger partial charge in [0.25, 0.3) is 0 Å². The molecular weight excluding hydrogens is 631 g/mol. The maximum absolute atomic E-state index is 6.52. The molecule has 0 unspecified atom stereocenters. The van der Waals surface area contributed by atoms with Gasteiger partial charge in [-0.05, 0) is 96.9 Å². The fraction of sp³-hybridized carbons (Fsp3) is 0.211. The second-order valence-electron chi connectivity index (χ2n) is 11.3. The Balaban J connectivity index is 1.36. The van der Waals surface area contributed by atoms with Crippen LogP contribution >= 0.6 is 28.4 Å². The molecule has 1 aliphatic carbocycles. The van der Waals surface area contributed by atoms with Gasteiger partial charge in [0.15, 0.2) is 0 Å². The molecule has 0 bridgehead atoms. The number of ether oxygens (including phenoxy) is 1. The minimum Gasteiger partial charge on any atom is -0.493 e. The number of fused-ring (bicyclic) bond motifs is 3. The van der Waals surface area contributed by atoms with Gasteiger partial charge in [-0.3, -0.25) is 0 Å². The van der Waals surface area contributed by atoms with Gasteiger partial charge >= 0.3 is 0 Å². The van der Waals surface area contributed by atoms with Gasteiger partial charge in [-0.25, -0.2) is 0 Å². The molecule has 0 spiro atoms. The van der Waals surface area contributed by atoms with Crippen molar-refractivity contribution in [2.24, 2.45) is 5.92 Å². The van der Waals surface area contributed by atoms with E-state index in [2.05, 4.69) is 143 Å². The van der Waals surface area contributed by atoms with Gasteiger partial charge in [0, 0.05) is 20.1 Å². The van der Waals surface area contributed by atoms with Crippen molar-refractivity contribution in [1.29, 1.82) is 0 Å². The molecule has 1 fully saturated rings. The molecule has 0 radical (unpaired) electrons. The normalized spacial score (nSPS) is 15.0. The van der Waals surface area contributed by atoms with Gasteiger partial charge in [0.2, 0.25) is 0 Å². The Morgan fingerprint density at radius 3 is 1.78 bits per heavy atom. The molecule has 6 aromatic carbocycles. The first-order chi connectivity index (χ1) is 20.2. The summed E-state index contributed by atoms with van der Waals surface area (Å²) in [5, 5.41) is 7.62. The van der Waals surface area contributed by atoms with Crippen LogP contribution in [0.25, 0.3) is 32.3 Å². The summed E-state index contributed by atoms with van der Waals surface area (Å²) >= 11 is 2.80. The number of rotatable bonds is 7. The van der Waals surface area contributed by atoms with E-state index in [-0.39, 0.29) is 0 Å². The van der Waals surface area contributed by atoms with Crippen molar-refractivity contribution in [2.75, 3.05) is 6.61 Å². The third-order valence-corrected chi connectivity index (χ3v) is 16.0. The van der Waals surface area contributed by atoms with Crippen molar-refractivity contribution < 1.29 is 4.74 Å². The van der Waals surface area contributed by atoms with Crippen LogP contribution in [0.4, 0.5) is 0 Å². The van der Waals surface area contributed by atoms with E-state index in [9.17, 15) is 0 Å². The minimum absolute atomic E-state index is 0.797. The summed E-state index contributed by atoms with van der Waals surface area (Å²) in [7, 11) is -1.62. The van der Waals surface area contributed by atoms with E-state index < -0.39 is 7.20 Å². The fourth-order valence-corrected chi connectivity index (χ4v) is 11.9. The highest BCUT2D eigenvalue weighted by atomic mass is 127. The largest absolute Gasteiger partial charge is 0.493 e. The molecule has 6 aromatic rings. The Morgan fingerprint density at radius 1 is 0.585 bits per heavy atom. The molecule has 206 valence electrons. The second-order valence-corrected chi connectivity index (χ2v) is 17.7. The van der Waals surface area contributed by atoms with Crippen LogP contribution in [-0.2, 0) is 0 Å². The standard InChI is InChI=1S/C38H35IOS/c39-41(33-20-18-29-12-4-6-14-31(29)26-33,34-21-19-30-13-5-7-15-32(30)27-34)38-23-22-37(35-16-8-9-17-36(35)38)40-25-24-28-10-2-1-3-11-28/h4-9,12-23,26-28H,1-3,10-11,24-25H2. The quantitative estimate of drug-likeness (QED) is 0.154. The second kappa shape index (κ2) is 11.7. The Morgan fingerprint density at radius 2 is 1.15 bits per heavy atom. The summed E-state index contributed by atoms with van der Waals surface area (Å²) in [6.45, 7) is 0.797. The van der Waals surface area contributed by atoms with E-state index in [0.29, 0.717) is 0 Å². The van der Waals surface area contributed by atoms with Gasteiger partial charge in [-0.1, -0.05) is 117 Å². The summed E-state index contributed by atoms with van der Waals surface area (Å²) in [4.78, 5) is 4.10. The summed E-state index contributed by atoms with van der Waals surface area (Å²) in [6.07, 6.45) is 8.05. The van der Waals surface area contributed by atoms with Crippen LogP contribution in [0, 0.1) is 5.92 Å². The molecule has 0 aromatic heterocycles. The highest BCUT2D eigenvalue weighted by Gasteiger charge is 2.31. The zero-order valence-corrected chi connectivity index (χ0v) is 26.2. The lowest BCUT2D eigenvalue weighted by molar-refractivity contribution is 0.248. The van der Waals surface area contributed by atoms with Crippen molar-refractivity contribution in [3.8, 4) is 5.75 Å². The van der Waals surface area contributed by atoms with Crippen LogP contribution in [0.15, 0.2) is 136 Å². The molecule has 1 aliphatic rings. The maximum atomic E-state index is 6.52. The smallest absolute Gasteiger partial charge is 0.127 e. The third-order valence-electron chi connectivity index (χ3n) is 8.75. The van der Waals surface area contributed by atoms with Crippen LogP contribution in [0.2, 0.25) is 0 Å². The highest BCUT2D eigenvalue weighted by molar-refractivity contribution is 14.2. The van der Waals surface area contributed by atoms with Gasteiger partial charge in [0.1, 0.15) is 5.75 Å². The van der Waals surface area contributed by atoms with Gasteiger partial charge in [0.05, 0.1) is 6.61 Å². The van der Waals surface area contributed by atoms with Crippen molar-refractivity contribution in [3.63, 3.8) is 0 Å². The molecule has 7 rings (SSSR count). The van der Waals surface area contributed by atoms with Crippen molar-refractivity contribution in [1.82, 2.24) is 0 Å². The molecule has 1 nitrogen and oxygen atoms in total. The van der Waals surface area contributed by atoms with Crippen LogP contribution in [0.5, 0.6) is 5.75 Å². The van der Waals surface area contributed by atoms with Gasteiger partial charge in [-0.2, -0.15) is 0 Å². The van der Waals surface area contributed by atoms with Crippen LogP contribution in [-0.4, -0.2) is 6.61 Å². The number of halogens is 1. The Bertz CT molecular complexity index is 1760. The van der Waals surface area contributed by atoms with E-state index in [1.54, 1.807) is 0 Å². The topological polar surface area (TPSA) is 9.23 Å². The van der Waals surface area contributed by atoms with Gasteiger partial charge < -0.3 is 4.74 Å². The van der Waals surface area contributed by atoms with Crippen molar-refractivity contribution in [2.45, 2.75) is 53.2 Å². The summed E-state index contributed by atoms with van der Waals surface area (Å²) < 4.78 is 6.52. The Labute approximate surface area is 256 Å². The van der Waals surface area contributed by atoms with Crippen LogP contribution < -0.4 is 4.74 Å². The fourth-order valence-electron chi connectivity index (χ4n) is 6.50. The Kier molecular flexibility index (Phi) is 7.66. The summed E-state index contributed by atoms with van der Waals surface area (Å²) in [6, 6.07) is 44.9. The molecule has 0 aliphatic heterocycles. The van der Waals surface area contributed by atoms with E-state index in [1.165, 1.54) is 79.1 Å². The molecule has 0 amide bonds. The van der Waals surface area contributed by atoms with E-state index >= 15 is 0 Å². The average Bonchev–Trinajstić information content (AvgIpc) is 3.04. The summed E-state index contributed by atoms with van der Waals surface area (Å²) in [5.41, 5.74) is 0. The lowest BCUT2D eigenvalue weighted by Gasteiger charge is -2.36. The number of hydrogen-bond acceptors (Lipinski definition) is 1. The molecule has 1 saturated carbocycles. The Hall–Kier alpha value is -3.02. The minimum atomic E-state index is -1.62. The number of benzene rings is 6. The zero-order valence-electron chi connectivity index (χ0n) is 23.3. The first-order valence-electron chi connectivity index (χ1n) is 14.9. The van der Waals surface area contributed by atoms with Crippen LogP contribution in [0.1, 0.15) is 38.5 Å². The van der Waals surface area contributed by atoms with Crippen molar-refractivity contribution in [3.05, 3.63) is 121 Å². The third kappa shape index (κ3) is 5.23. The molecule has 0 saturated heterocycles. The number of hydrogen-bond donors (Lipinski definition) is 0. The molecule has 3 heteroatoms. The zero-order chi connectivity index (χ0) is 27.6. The molecule has 0 heterocycles. The molecule has 0 atom stereocenters. The average molecular weight is 667 g/mol. The molecule has 0 N–H and O–H groups in total. The molecule has 41 heavy (non-hydrogen) atoms. The van der Waals surface area contributed by atoms with Crippen molar-refractivity contribution >= 4 is 60.7 Å². The van der Waals surface area contributed by atoms with Gasteiger partial charge in [-0.15, -0.1) is 7.20 Å². The van der Waals surface area contributed by atoms with E-state index in [1.807, 2.05) is 0 Å². The highest BCUT2D eigenvalue weighted by Crippen LogP contribution is 2.76.